The van der Waals surface area contributed by atoms with Gasteiger partial charge in [-0.2, -0.15) is 0 Å². The number of rotatable bonds is 6. The molecule has 0 aliphatic rings. The molecule has 120 valence electrons. The summed E-state index contributed by atoms with van der Waals surface area (Å²) in [5.74, 6) is -0.0303. The molecule has 23 heavy (non-hydrogen) atoms. The van der Waals surface area contributed by atoms with Crippen LogP contribution in [0.15, 0.2) is 48.5 Å². The second-order valence-corrected chi connectivity index (χ2v) is 5.08. The van der Waals surface area contributed by atoms with E-state index in [2.05, 4.69) is 10.6 Å². The van der Waals surface area contributed by atoms with Crippen LogP contribution in [0.25, 0.3) is 0 Å². The van der Waals surface area contributed by atoms with Gasteiger partial charge in [-0.1, -0.05) is 29.8 Å². The number of amides is 3. The average Bonchev–Trinajstić information content (AvgIpc) is 2.52. The second kappa shape index (κ2) is 7.84. The Balaban J connectivity index is 1.81. The summed E-state index contributed by atoms with van der Waals surface area (Å²) < 4.78 is 5.14. The molecule has 0 aliphatic carbocycles. The predicted molar refractivity (Wildman–Crippen MR) is 88.2 cm³/mol. The molecule has 0 aromatic heterocycles. The Bertz CT molecular complexity index is 684. The van der Waals surface area contributed by atoms with Gasteiger partial charge in [0.15, 0.2) is 6.61 Å². The van der Waals surface area contributed by atoms with Crippen LogP contribution in [-0.4, -0.2) is 18.5 Å². The van der Waals surface area contributed by atoms with Gasteiger partial charge in [-0.05, 0) is 36.8 Å². The van der Waals surface area contributed by atoms with E-state index in [4.69, 9.17) is 10.5 Å². The number of nitrogens with two attached hydrogens (primary N) is 1. The van der Waals surface area contributed by atoms with Crippen molar-refractivity contribution in [1.82, 2.24) is 5.32 Å². The number of aryl methyl sites for hydroxylation is 1. The lowest BCUT2D eigenvalue weighted by Crippen LogP contribution is -2.28. The summed E-state index contributed by atoms with van der Waals surface area (Å²) in [4.78, 5) is 22.5. The topological polar surface area (TPSA) is 93.4 Å². The zero-order chi connectivity index (χ0) is 16.7. The fourth-order valence-corrected chi connectivity index (χ4v) is 1.97. The third kappa shape index (κ3) is 5.70. The van der Waals surface area contributed by atoms with Crippen LogP contribution in [0.2, 0.25) is 0 Å². The molecule has 0 fully saturated rings. The van der Waals surface area contributed by atoms with E-state index in [0.29, 0.717) is 18.0 Å². The molecule has 2 aromatic rings. The molecule has 0 saturated carbocycles. The van der Waals surface area contributed by atoms with Crippen molar-refractivity contribution < 1.29 is 14.3 Å². The zero-order valence-corrected chi connectivity index (χ0v) is 12.8. The van der Waals surface area contributed by atoms with Gasteiger partial charge in [0.25, 0.3) is 5.91 Å². The minimum Gasteiger partial charge on any atom is -0.484 e. The number of ether oxygens (including phenoxy) is 1. The normalized spacial score (nSPS) is 9.96. The first-order chi connectivity index (χ1) is 11.0. The maximum absolute atomic E-state index is 11.9. The van der Waals surface area contributed by atoms with Crippen LogP contribution in [0.1, 0.15) is 11.1 Å². The molecule has 3 amide bonds. The number of hydrogen-bond acceptors (Lipinski definition) is 3. The Labute approximate surface area is 134 Å². The van der Waals surface area contributed by atoms with Gasteiger partial charge < -0.3 is 21.1 Å². The third-order valence-electron chi connectivity index (χ3n) is 3.03. The van der Waals surface area contributed by atoms with Crippen LogP contribution in [-0.2, 0) is 11.3 Å². The molecule has 0 heterocycles. The molecule has 0 aliphatic heterocycles. The van der Waals surface area contributed by atoms with Gasteiger partial charge in [0.2, 0.25) is 0 Å². The van der Waals surface area contributed by atoms with E-state index < -0.39 is 5.91 Å². The summed E-state index contributed by atoms with van der Waals surface area (Å²) in [5, 5.41) is 5.51. The molecule has 4 N–H and O–H groups in total. The lowest BCUT2D eigenvalue weighted by atomic mass is 10.1. The van der Waals surface area contributed by atoms with Crippen molar-refractivity contribution in [3.8, 4) is 5.75 Å². The van der Waals surface area contributed by atoms with Gasteiger partial charge in [0.1, 0.15) is 5.75 Å². The third-order valence-corrected chi connectivity index (χ3v) is 3.03. The Hall–Kier alpha value is -3.02. The van der Waals surface area contributed by atoms with Crippen molar-refractivity contribution in [3.05, 3.63) is 59.7 Å². The predicted octanol–water partition coefficient (Wildman–Crippen LogP) is 2.18. The highest BCUT2D eigenvalue weighted by Crippen LogP contribution is 2.15. The fraction of sp³-hybridized carbons (Fsp3) is 0.176. The van der Waals surface area contributed by atoms with E-state index in [1.165, 1.54) is 0 Å². The monoisotopic (exact) mass is 313 g/mol. The molecule has 0 radical (unpaired) electrons. The van der Waals surface area contributed by atoms with Gasteiger partial charge in [-0.25, -0.2) is 4.79 Å². The maximum atomic E-state index is 11.9. The smallest absolute Gasteiger partial charge is 0.319 e. The Morgan fingerprint density at radius 2 is 1.87 bits per heavy atom. The van der Waals surface area contributed by atoms with E-state index in [0.717, 1.165) is 11.1 Å². The molecule has 0 bridgehead atoms. The Morgan fingerprint density at radius 3 is 2.52 bits per heavy atom. The standard InChI is InChI=1S/C17H19N3O3/c1-12-3-2-4-13(9-12)10-19-17(22)20-14-5-7-15(8-6-14)23-11-16(18)21/h2-9H,10-11H2,1H3,(H2,18,21)(H2,19,20,22). The number of urea groups is 1. The first-order valence-corrected chi connectivity index (χ1v) is 7.14. The fourth-order valence-electron chi connectivity index (χ4n) is 1.97. The van der Waals surface area contributed by atoms with Crippen LogP contribution in [0, 0.1) is 6.92 Å². The van der Waals surface area contributed by atoms with Crippen LogP contribution < -0.4 is 21.1 Å². The number of carbonyl (C=O) groups excluding carboxylic acids is 2. The summed E-state index contributed by atoms with van der Waals surface area (Å²) >= 11 is 0. The lowest BCUT2D eigenvalue weighted by Gasteiger charge is -2.09. The van der Waals surface area contributed by atoms with Gasteiger partial charge in [0, 0.05) is 12.2 Å². The van der Waals surface area contributed by atoms with Crippen molar-refractivity contribution in [2.24, 2.45) is 5.73 Å². The second-order valence-electron chi connectivity index (χ2n) is 5.08. The SMILES string of the molecule is Cc1cccc(CNC(=O)Nc2ccc(OCC(N)=O)cc2)c1. The number of nitrogens with one attached hydrogen (secondary N) is 2. The molecule has 0 spiro atoms. The van der Waals surface area contributed by atoms with E-state index in [9.17, 15) is 9.59 Å². The number of primary amides is 1. The summed E-state index contributed by atoms with van der Waals surface area (Å²) in [6, 6.07) is 14.3. The Morgan fingerprint density at radius 1 is 1.13 bits per heavy atom. The van der Waals surface area contributed by atoms with Crippen LogP contribution in [0.5, 0.6) is 5.75 Å². The van der Waals surface area contributed by atoms with Gasteiger partial charge in [-0.3, -0.25) is 4.79 Å². The highest BCUT2D eigenvalue weighted by molar-refractivity contribution is 5.89. The summed E-state index contributed by atoms with van der Waals surface area (Å²) in [5.41, 5.74) is 7.81. The molecule has 6 heteroatoms. The number of carbonyl (C=O) groups is 2. The molecular formula is C17H19N3O3. The van der Waals surface area contributed by atoms with Gasteiger partial charge in [0.05, 0.1) is 0 Å². The van der Waals surface area contributed by atoms with Crippen LogP contribution in [0.4, 0.5) is 10.5 Å². The van der Waals surface area contributed by atoms with Crippen LogP contribution in [0.3, 0.4) is 0 Å². The van der Waals surface area contributed by atoms with E-state index in [1.807, 2.05) is 31.2 Å². The molecule has 2 rings (SSSR count). The van der Waals surface area contributed by atoms with Gasteiger partial charge in [-0.15, -0.1) is 0 Å². The molecule has 0 unspecified atom stereocenters. The van der Waals surface area contributed by atoms with E-state index in [-0.39, 0.29) is 12.6 Å². The van der Waals surface area contributed by atoms with Crippen molar-refractivity contribution in [2.75, 3.05) is 11.9 Å². The van der Waals surface area contributed by atoms with Crippen molar-refractivity contribution in [3.63, 3.8) is 0 Å². The summed E-state index contributed by atoms with van der Waals surface area (Å²) in [6.07, 6.45) is 0. The van der Waals surface area contributed by atoms with Crippen molar-refractivity contribution in [1.29, 1.82) is 0 Å². The summed E-state index contributed by atoms with van der Waals surface area (Å²) in [6.45, 7) is 2.28. The molecule has 0 saturated heterocycles. The molecular weight excluding hydrogens is 294 g/mol. The van der Waals surface area contributed by atoms with Crippen molar-refractivity contribution in [2.45, 2.75) is 13.5 Å². The highest BCUT2D eigenvalue weighted by atomic mass is 16.5. The minimum absolute atomic E-state index is 0.177. The zero-order valence-electron chi connectivity index (χ0n) is 12.8. The van der Waals surface area contributed by atoms with Gasteiger partial charge >= 0.3 is 6.03 Å². The molecule has 0 atom stereocenters. The molecule has 2 aromatic carbocycles. The molecule has 6 nitrogen and oxygen atoms in total. The first kappa shape index (κ1) is 16.4. The highest BCUT2D eigenvalue weighted by Gasteiger charge is 2.03. The number of anilines is 1. The summed E-state index contributed by atoms with van der Waals surface area (Å²) in [7, 11) is 0. The lowest BCUT2D eigenvalue weighted by molar-refractivity contribution is -0.119. The first-order valence-electron chi connectivity index (χ1n) is 7.14. The Kier molecular flexibility index (Phi) is 5.57. The van der Waals surface area contributed by atoms with E-state index in [1.54, 1.807) is 24.3 Å². The van der Waals surface area contributed by atoms with Crippen LogP contribution >= 0.6 is 0 Å². The quantitative estimate of drug-likeness (QED) is 0.763. The average molecular weight is 313 g/mol. The largest absolute Gasteiger partial charge is 0.484 e. The number of hydrogen-bond donors (Lipinski definition) is 3. The minimum atomic E-state index is -0.539. The van der Waals surface area contributed by atoms with Crippen molar-refractivity contribution >= 4 is 17.6 Å². The number of benzene rings is 2. The maximum Gasteiger partial charge on any atom is 0.319 e. The van der Waals surface area contributed by atoms with E-state index >= 15 is 0 Å².